The molecule has 1 saturated heterocycles. The Balaban J connectivity index is 1.20. The number of halogens is 1. The number of aryl methyl sites for hydroxylation is 1. The first kappa shape index (κ1) is 29.6. The van der Waals surface area contributed by atoms with Gasteiger partial charge < -0.3 is 24.3 Å². The van der Waals surface area contributed by atoms with Crippen LogP contribution in [0.3, 0.4) is 0 Å². The molecule has 1 fully saturated rings. The van der Waals surface area contributed by atoms with Crippen molar-refractivity contribution < 1.29 is 14.3 Å². The van der Waals surface area contributed by atoms with Gasteiger partial charge in [-0.25, -0.2) is 9.97 Å². The number of hydrogen-bond acceptors (Lipinski definition) is 6. The van der Waals surface area contributed by atoms with Crippen LogP contribution in [0.4, 0.5) is 17.2 Å². The van der Waals surface area contributed by atoms with Crippen LogP contribution in [0.1, 0.15) is 36.3 Å². The van der Waals surface area contributed by atoms with Gasteiger partial charge in [0.15, 0.2) is 11.5 Å². The van der Waals surface area contributed by atoms with Crippen LogP contribution in [0, 0.1) is 0 Å². The van der Waals surface area contributed by atoms with Gasteiger partial charge in [-0.15, -0.1) is 0 Å². The van der Waals surface area contributed by atoms with Crippen LogP contribution in [0.15, 0.2) is 83.7 Å². The number of nitrogens with one attached hydrogen (secondary N) is 1. The van der Waals surface area contributed by atoms with Crippen molar-refractivity contribution in [3.63, 3.8) is 0 Å². The predicted octanol–water partition coefficient (Wildman–Crippen LogP) is 7.24. The number of fused-ring (bicyclic) bond motifs is 5. The monoisotopic (exact) mass is 688 g/mol. The average Bonchev–Trinajstić information content (AvgIpc) is 3.52. The summed E-state index contributed by atoms with van der Waals surface area (Å²) in [6, 6.07) is 23.1. The summed E-state index contributed by atoms with van der Waals surface area (Å²) in [5.41, 5.74) is 5.95. The van der Waals surface area contributed by atoms with E-state index in [4.69, 9.17) is 9.72 Å². The van der Waals surface area contributed by atoms with Crippen molar-refractivity contribution in [1.29, 1.82) is 0 Å². The summed E-state index contributed by atoms with van der Waals surface area (Å²) < 4.78 is 8.03. The second-order valence-electron chi connectivity index (χ2n) is 12.3. The Morgan fingerprint density at radius 1 is 0.957 bits per heavy atom. The van der Waals surface area contributed by atoms with Crippen LogP contribution >= 0.6 is 15.9 Å². The number of ether oxygens (including phenoxy) is 1. The van der Waals surface area contributed by atoms with Gasteiger partial charge in [-0.1, -0.05) is 48.5 Å². The minimum atomic E-state index is -0.299. The van der Waals surface area contributed by atoms with Crippen molar-refractivity contribution in [2.45, 2.75) is 32.7 Å². The molecular weight excluding hydrogens is 656 g/mol. The van der Waals surface area contributed by atoms with Crippen molar-refractivity contribution in [3.8, 4) is 11.1 Å². The Hall–Kier alpha value is -4.80. The third-order valence-electron chi connectivity index (χ3n) is 9.35. The number of imidazole rings is 1. The Kier molecular flexibility index (Phi) is 7.41. The molecule has 0 radical (unpaired) electrons. The number of amides is 2. The van der Waals surface area contributed by atoms with Gasteiger partial charge in [-0.2, -0.15) is 0 Å². The molecule has 8 rings (SSSR count). The van der Waals surface area contributed by atoms with Crippen LogP contribution in [-0.2, 0) is 16.0 Å². The maximum atomic E-state index is 13.8. The summed E-state index contributed by atoms with van der Waals surface area (Å²) >= 11 is 3.52. The van der Waals surface area contributed by atoms with Crippen molar-refractivity contribution >= 4 is 72.1 Å². The second-order valence-corrected chi connectivity index (χ2v) is 13.1. The first-order chi connectivity index (χ1) is 22.9. The summed E-state index contributed by atoms with van der Waals surface area (Å²) in [4.78, 5) is 39.8. The van der Waals surface area contributed by atoms with Crippen LogP contribution < -0.4 is 15.1 Å². The SMILES string of the molecule is CC(=O)N1c2ccc(-c3ccc(NC(=O)c4cn5cc(Br)nc(N6CCOCC6)c5n4)c4ccc5ccccc5c34)cc2CC[C@@H]1C. The normalized spacial score (nSPS) is 16.5. The summed E-state index contributed by atoms with van der Waals surface area (Å²) in [7, 11) is 0. The van der Waals surface area contributed by atoms with Gasteiger partial charge >= 0.3 is 0 Å². The molecule has 2 aliphatic heterocycles. The van der Waals surface area contributed by atoms with Crippen molar-refractivity contribution in [1.82, 2.24) is 14.4 Å². The third-order valence-corrected chi connectivity index (χ3v) is 9.73. The molecule has 1 atom stereocenters. The highest BCUT2D eigenvalue weighted by Crippen LogP contribution is 2.41. The molecule has 47 heavy (non-hydrogen) atoms. The third kappa shape index (κ3) is 5.21. The highest BCUT2D eigenvalue weighted by atomic mass is 79.9. The zero-order valence-corrected chi connectivity index (χ0v) is 27.8. The topological polar surface area (TPSA) is 92.1 Å². The molecule has 0 bridgehead atoms. The van der Waals surface area contributed by atoms with Crippen LogP contribution in [-0.4, -0.2) is 58.5 Å². The van der Waals surface area contributed by atoms with E-state index in [2.05, 4.69) is 86.6 Å². The molecular formula is C37H33BrN6O3. The first-order valence-electron chi connectivity index (χ1n) is 15.9. The van der Waals surface area contributed by atoms with E-state index in [1.54, 1.807) is 13.1 Å². The number of nitrogens with zero attached hydrogens (tertiary/aromatic N) is 5. The lowest BCUT2D eigenvalue weighted by molar-refractivity contribution is -0.117. The zero-order chi connectivity index (χ0) is 32.2. The molecule has 0 saturated carbocycles. The summed E-state index contributed by atoms with van der Waals surface area (Å²) in [5, 5.41) is 7.39. The molecule has 2 aliphatic rings. The minimum Gasteiger partial charge on any atom is -0.378 e. The van der Waals surface area contributed by atoms with E-state index < -0.39 is 0 Å². The van der Waals surface area contributed by atoms with E-state index in [9.17, 15) is 9.59 Å². The van der Waals surface area contributed by atoms with Crippen LogP contribution in [0.5, 0.6) is 0 Å². The quantitative estimate of drug-likeness (QED) is 0.196. The molecule has 0 aliphatic carbocycles. The van der Waals surface area contributed by atoms with Crippen LogP contribution in [0.25, 0.3) is 38.3 Å². The van der Waals surface area contributed by atoms with Gasteiger partial charge in [-0.05, 0) is 86.7 Å². The van der Waals surface area contributed by atoms with E-state index in [0.717, 1.165) is 51.2 Å². The number of carbonyl (C=O) groups excluding carboxylic acids is 2. The number of hydrogen-bond donors (Lipinski definition) is 1. The maximum absolute atomic E-state index is 13.8. The second kappa shape index (κ2) is 11.8. The Morgan fingerprint density at radius 3 is 2.62 bits per heavy atom. The first-order valence-corrected chi connectivity index (χ1v) is 16.7. The number of rotatable bonds is 4. The highest BCUT2D eigenvalue weighted by molar-refractivity contribution is 9.10. The summed E-state index contributed by atoms with van der Waals surface area (Å²) in [6.07, 6.45) is 5.40. The summed E-state index contributed by atoms with van der Waals surface area (Å²) in [5.74, 6) is 0.482. The average molecular weight is 690 g/mol. The molecule has 0 unspecified atom stereocenters. The van der Waals surface area contributed by atoms with Gasteiger partial charge in [0.2, 0.25) is 5.91 Å². The van der Waals surface area contributed by atoms with Crippen molar-refractivity contribution in [2.75, 3.05) is 41.4 Å². The fourth-order valence-corrected chi connectivity index (χ4v) is 7.50. The van der Waals surface area contributed by atoms with Gasteiger partial charge in [0.05, 0.1) is 13.2 Å². The fraction of sp³-hybridized carbons (Fsp3) is 0.243. The molecule has 2 amide bonds. The molecule has 2 aromatic heterocycles. The van der Waals surface area contributed by atoms with E-state index >= 15 is 0 Å². The zero-order valence-electron chi connectivity index (χ0n) is 26.2. The van der Waals surface area contributed by atoms with Crippen molar-refractivity contribution in [2.24, 2.45) is 0 Å². The number of anilines is 3. The molecule has 10 heteroatoms. The van der Waals surface area contributed by atoms with Crippen LogP contribution in [0.2, 0.25) is 0 Å². The predicted molar refractivity (Wildman–Crippen MR) is 190 cm³/mol. The smallest absolute Gasteiger partial charge is 0.275 e. The summed E-state index contributed by atoms with van der Waals surface area (Å²) in [6.45, 7) is 6.39. The lowest BCUT2D eigenvalue weighted by Gasteiger charge is -2.35. The molecule has 9 nitrogen and oxygen atoms in total. The number of aromatic nitrogens is 3. The standard InChI is InChI=1S/C37H33BrN6O3/c1-22-7-8-26-19-25(10-14-32(26)44(22)23(2)45)28-12-13-30(29-11-9-24-5-3-4-6-27(24)34(28)29)40-37(46)31-20-43-21-33(38)41-36(35(43)39-31)42-15-17-47-18-16-42/h3-6,9-14,19-22H,7-8,15-18H2,1-2H3,(H,40,46)/t22-/m0/s1. The lowest BCUT2D eigenvalue weighted by atomic mass is 9.89. The Bertz CT molecular complexity index is 2220. The number of carbonyl (C=O) groups is 2. The number of morpholine rings is 1. The Labute approximate surface area is 280 Å². The lowest BCUT2D eigenvalue weighted by Crippen LogP contribution is -2.40. The Morgan fingerprint density at radius 2 is 1.79 bits per heavy atom. The molecule has 0 spiro atoms. The highest BCUT2D eigenvalue weighted by Gasteiger charge is 2.27. The van der Waals surface area contributed by atoms with Gasteiger partial charge in [0.1, 0.15) is 10.3 Å². The largest absolute Gasteiger partial charge is 0.378 e. The van der Waals surface area contributed by atoms with Crippen molar-refractivity contribution in [3.05, 3.63) is 95.0 Å². The van der Waals surface area contributed by atoms with Gasteiger partial charge in [-0.3, -0.25) is 9.59 Å². The van der Waals surface area contributed by atoms with E-state index in [1.807, 2.05) is 33.7 Å². The molecule has 6 aromatic rings. The molecule has 1 N–H and O–H groups in total. The molecule has 236 valence electrons. The minimum absolute atomic E-state index is 0.0644. The van der Waals surface area contributed by atoms with E-state index in [1.165, 1.54) is 5.56 Å². The van der Waals surface area contributed by atoms with Gasteiger partial charge in [0, 0.05) is 55.2 Å². The fourth-order valence-electron chi connectivity index (χ4n) is 7.11. The molecule has 4 heterocycles. The number of benzene rings is 4. The van der Waals surface area contributed by atoms with E-state index in [-0.39, 0.29) is 17.9 Å². The van der Waals surface area contributed by atoms with E-state index in [0.29, 0.717) is 53.8 Å². The van der Waals surface area contributed by atoms with Gasteiger partial charge in [0.25, 0.3) is 5.91 Å². The molecule has 4 aromatic carbocycles. The maximum Gasteiger partial charge on any atom is 0.275 e.